The van der Waals surface area contributed by atoms with E-state index in [4.69, 9.17) is 5.73 Å². The molecule has 100 valence electrons. The van der Waals surface area contributed by atoms with E-state index in [0.717, 1.165) is 17.9 Å². The third-order valence-electron chi connectivity index (χ3n) is 5.12. The predicted octanol–water partition coefficient (Wildman–Crippen LogP) is 3.01. The average molecular weight is 238 g/mol. The van der Waals surface area contributed by atoms with Crippen molar-refractivity contribution in [1.29, 1.82) is 0 Å². The van der Waals surface area contributed by atoms with E-state index in [1.165, 1.54) is 45.1 Å². The Labute approximate surface area is 107 Å². The van der Waals surface area contributed by atoms with Crippen LogP contribution in [0.3, 0.4) is 0 Å². The molecule has 0 aromatic carbocycles. The molecule has 1 saturated heterocycles. The molecule has 0 aromatic heterocycles. The van der Waals surface area contributed by atoms with Gasteiger partial charge in [-0.1, -0.05) is 13.8 Å². The minimum absolute atomic E-state index is 0.452. The standard InChI is InChI=1S/C15H30N2/c1-11(2)13-4-6-15(7-5-13)17-9-8-14(16)10-12(17)3/h11-15H,4-10,16H2,1-3H3. The van der Waals surface area contributed by atoms with Crippen LogP contribution in [0, 0.1) is 11.8 Å². The summed E-state index contributed by atoms with van der Waals surface area (Å²) >= 11 is 0. The maximum Gasteiger partial charge on any atom is 0.00983 e. The normalized spacial score (nSPS) is 40.8. The molecule has 0 radical (unpaired) electrons. The summed E-state index contributed by atoms with van der Waals surface area (Å²) in [4.78, 5) is 2.75. The van der Waals surface area contributed by atoms with Crippen LogP contribution in [0.4, 0.5) is 0 Å². The summed E-state index contributed by atoms with van der Waals surface area (Å²) < 4.78 is 0. The number of likely N-dealkylation sites (tertiary alicyclic amines) is 1. The van der Waals surface area contributed by atoms with E-state index in [1.807, 2.05) is 0 Å². The van der Waals surface area contributed by atoms with E-state index in [2.05, 4.69) is 25.7 Å². The fraction of sp³-hybridized carbons (Fsp3) is 1.00. The fourth-order valence-corrected chi connectivity index (χ4v) is 3.87. The fourth-order valence-electron chi connectivity index (χ4n) is 3.87. The van der Waals surface area contributed by atoms with Gasteiger partial charge in [0.2, 0.25) is 0 Å². The molecule has 0 amide bonds. The summed E-state index contributed by atoms with van der Waals surface area (Å²) in [5.74, 6) is 1.86. The predicted molar refractivity (Wildman–Crippen MR) is 74.0 cm³/mol. The van der Waals surface area contributed by atoms with Crippen molar-refractivity contribution in [3.8, 4) is 0 Å². The van der Waals surface area contributed by atoms with Crippen LogP contribution < -0.4 is 5.73 Å². The smallest absolute Gasteiger partial charge is 0.00983 e. The Hall–Kier alpha value is -0.0800. The second-order valence-electron chi connectivity index (χ2n) is 6.68. The van der Waals surface area contributed by atoms with E-state index in [9.17, 15) is 0 Å². The molecule has 1 aliphatic heterocycles. The largest absolute Gasteiger partial charge is 0.328 e. The van der Waals surface area contributed by atoms with Gasteiger partial charge < -0.3 is 5.73 Å². The lowest BCUT2D eigenvalue weighted by atomic mass is 9.78. The first kappa shape index (κ1) is 13.4. The third kappa shape index (κ3) is 3.23. The molecule has 2 fully saturated rings. The Morgan fingerprint density at radius 1 is 1.06 bits per heavy atom. The Kier molecular flexibility index (Phi) is 4.48. The molecule has 0 aromatic rings. The first-order chi connectivity index (χ1) is 8.08. The molecule has 1 saturated carbocycles. The summed E-state index contributed by atoms with van der Waals surface area (Å²) in [6.07, 6.45) is 8.12. The monoisotopic (exact) mass is 238 g/mol. The maximum absolute atomic E-state index is 6.05. The van der Waals surface area contributed by atoms with Crippen molar-refractivity contribution in [2.45, 2.75) is 77.4 Å². The summed E-state index contributed by atoms with van der Waals surface area (Å²) in [6.45, 7) is 8.37. The number of nitrogens with two attached hydrogens (primary N) is 1. The zero-order valence-electron chi connectivity index (χ0n) is 11.9. The first-order valence-electron chi connectivity index (χ1n) is 7.59. The molecule has 2 heteroatoms. The summed E-state index contributed by atoms with van der Waals surface area (Å²) in [5.41, 5.74) is 6.05. The molecule has 1 aliphatic carbocycles. The maximum atomic E-state index is 6.05. The second kappa shape index (κ2) is 5.71. The number of piperidine rings is 1. The highest BCUT2D eigenvalue weighted by Crippen LogP contribution is 2.34. The van der Waals surface area contributed by atoms with E-state index < -0.39 is 0 Å². The highest BCUT2D eigenvalue weighted by atomic mass is 15.2. The Balaban J connectivity index is 1.84. The van der Waals surface area contributed by atoms with Crippen molar-refractivity contribution in [1.82, 2.24) is 4.90 Å². The van der Waals surface area contributed by atoms with Gasteiger partial charge in [0.1, 0.15) is 0 Å². The van der Waals surface area contributed by atoms with Crippen molar-refractivity contribution in [2.24, 2.45) is 17.6 Å². The Morgan fingerprint density at radius 3 is 2.24 bits per heavy atom. The van der Waals surface area contributed by atoms with Crippen LogP contribution in [-0.4, -0.2) is 29.6 Å². The molecule has 2 rings (SSSR count). The third-order valence-corrected chi connectivity index (χ3v) is 5.12. The first-order valence-corrected chi connectivity index (χ1v) is 7.59. The molecule has 0 bridgehead atoms. The molecule has 2 nitrogen and oxygen atoms in total. The van der Waals surface area contributed by atoms with Crippen molar-refractivity contribution >= 4 is 0 Å². The van der Waals surface area contributed by atoms with Crippen molar-refractivity contribution < 1.29 is 0 Å². The van der Waals surface area contributed by atoms with Gasteiger partial charge in [-0.2, -0.15) is 0 Å². The zero-order valence-corrected chi connectivity index (χ0v) is 11.9. The molecule has 0 spiro atoms. The lowest BCUT2D eigenvalue weighted by Crippen LogP contribution is -2.51. The minimum Gasteiger partial charge on any atom is -0.328 e. The van der Waals surface area contributed by atoms with Crippen LogP contribution in [0.5, 0.6) is 0 Å². The topological polar surface area (TPSA) is 29.3 Å². The SMILES string of the molecule is CC(C)C1CCC(N2CCC(N)CC2C)CC1. The van der Waals surface area contributed by atoms with Crippen LogP contribution in [0.1, 0.15) is 59.3 Å². The number of rotatable bonds is 2. The van der Waals surface area contributed by atoms with E-state index in [0.29, 0.717) is 12.1 Å². The summed E-state index contributed by atoms with van der Waals surface area (Å²) in [6, 6.07) is 2.01. The van der Waals surface area contributed by atoms with Crippen molar-refractivity contribution in [3.05, 3.63) is 0 Å². The number of nitrogens with zero attached hydrogens (tertiary/aromatic N) is 1. The number of hydrogen-bond acceptors (Lipinski definition) is 2. The Bertz CT molecular complexity index is 231. The van der Waals surface area contributed by atoms with E-state index >= 15 is 0 Å². The van der Waals surface area contributed by atoms with Gasteiger partial charge in [-0.25, -0.2) is 0 Å². The van der Waals surface area contributed by atoms with Crippen LogP contribution in [0.25, 0.3) is 0 Å². The lowest BCUT2D eigenvalue weighted by Gasteiger charge is -2.44. The molecule has 1 heterocycles. The highest BCUT2D eigenvalue weighted by Gasteiger charge is 2.32. The van der Waals surface area contributed by atoms with Gasteiger partial charge in [0, 0.05) is 24.7 Å². The Morgan fingerprint density at radius 2 is 1.71 bits per heavy atom. The molecular formula is C15H30N2. The van der Waals surface area contributed by atoms with Crippen molar-refractivity contribution in [3.63, 3.8) is 0 Å². The number of hydrogen-bond donors (Lipinski definition) is 1. The van der Waals surface area contributed by atoms with Gasteiger partial charge in [0.15, 0.2) is 0 Å². The van der Waals surface area contributed by atoms with Gasteiger partial charge in [-0.3, -0.25) is 4.90 Å². The van der Waals surface area contributed by atoms with Gasteiger partial charge in [0.05, 0.1) is 0 Å². The molecule has 2 atom stereocenters. The summed E-state index contributed by atoms with van der Waals surface area (Å²) in [7, 11) is 0. The van der Waals surface area contributed by atoms with Gasteiger partial charge in [-0.15, -0.1) is 0 Å². The molecule has 2 N–H and O–H groups in total. The van der Waals surface area contributed by atoms with Crippen LogP contribution in [0.2, 0.25) is 0 Å². The van der Waals surface area contributed by atoms with Crippen LogP contribution >= 0.6 is 0 Å². The van der Waals surface area contributed by atoms with Crippen molar-refractivity contribution in [2.75, 3.05) is 6.54 Å². The average Bonchev–Trinajstić information content (AvgIpc) is 2.29. The quantitative estimate of drug-likeness (QED) is 0.801. The lowest BCUT2D eigenvalue weighted by molar-refractivity contribution is 0.0588. The second-order valence-corrected chi connectivity index (χ2v) is 6.68. The van der Waals surface area contributed by atoms with Gasteiger partial charge >= 0.3 is 0 Å². The van der Waals surface area contributed by atoms with Crippen LogP contribution in [0.15, 0.2) is 0 Å². The van der Waals surface area contributed by atoms with Crippen LogP contribution in [-0.2, 0) is 0 Å². The van der Waals surface area contributed by atoms with E-state index in [1.54, 1.807) is 0 Å². The minimum atomic E-state index is 0.452. The molecule has 17 heavy (non-hydrogen) atoms. The molecule has 2 aliphatic rings. The van der Waals surface area contributed by atoms with Gasteiger partial charge in [0.25, 0.3) is 0 Å². The summed E-state index contributed by atoms with van der Waals surface area (Å²) in [5, 5.41) is 0. The zero-order chi connectivity index (χ0) is 12.4. The van der Waals surface area contributed by atoms with E-state index in [-0.39, 0.29) is 0 Å². The highest BCUT2D eigenvalue weighted by molar-refractivity contribution is 4.88. The molecular weight excluding hydrogens is 208 g/mol. The molecule has 2 unspecified atom stereocenters. The van der Waals surface area contributed by atoms with Gasteiger partial charge in [-0.05, 0) is 57.3 Å².